The fourth-order valence-electron chi connectivity index (χ4n) is 3.83. The number of benzene rings is 4. The van der Waals surface area contributed by atoms with E-state index in [4.69, 9.17) is 4.52 Å². The summed E-state index contributed by atoms with van der Waals surface area (Å²) >= 11 is 0. The minimum atomic E-state index is -3.57. The van der Waals surface area contributed by atoms with Crippen molar-refractivity contribution in [1.29, 1.82) is 0 Å². The van der Waals surface area contributed by atoms with E-state index in [0.717, 1.165) is 11.1 Å². The van der Waals surface area contributed by atoms with Crippen LogP contribution in [0.1, 0.15) is 11.1 Å². The van der Waals surface area contributed by atoms with Gasteiger partial charge in [0.05, 0.1) is 5.30 Å². The number of para-hydroxylation sites is 1. The second kappa shape index (κ2) is 8.55. The second-order valence-corrected chi connectivity index (χ2v) is 9.31. The molecular formula is C25H18O4PY-. The Hall–Kier alpha value is -2.52. The van der Waals surface area contributed by atoms with Gasteiger partial charge in [-0.2, -0.15) is 0 Å². The van der Waals surface area contributed by atoms with Gasteiger partial charge in [-0.15, -0.1) is 35.4 Å². The van der Waals surface area contributed by atoms with Gasteiger partial charge in [0.1, 0.15) is 17.2 Å². The number of aromatic hydroxyl groups is 2. The van der Waals surface area contributed by atoms with E-state index in [1.165, 1.54) is 0 Å². The molecule has 151 valence electrons. The number of fused-ring (bicyclic) bond motifs is 3. The summed E-state index contributed by atoms with van der Waals surface area (Å²) in [5.74, 6) is 0.810. The first-order valence-corrected chi connectivity index (χ1v) is 11.1. The molecule has 4 aromatic carbocycles. The van der Waals surface area contributed by atoms with Crippen LogP contribution in [-0.2, 0) is 37.3 Å². The quantitative estimate of drug-likeness (QED) is 0.279. The Morgan fingerprint density at radius 1 is 0.645 bits per heavy atom. The average molecular weight is 502 g/mol. The Balaban J connectivity index is 0.00000231. The molecule has 0 spiro atoms. The van der Waals surface area contributed by atoms with Crippen molar-refractivity contribution in [1.82, 2.24) is 0 Å². The summed E-state index contributed by atoms with van der Waals surface area (Å²) < 4.78 is 21.0. The summed E-state index contributed by atoms with van der Waals surface area (Å²) in [4.78, 5) is 0. The first kappa shape index (κ1) is 21.7. The van der Waals surface area contributed by atoms with Gasteiger partial charge < -0.3 is 14.7 Å². The Kier molecular flexibility index (Phi) is 5.99. The first-order chi connectivity index (χ1) is 14.6. The standard InChI is InChI=1S/C25H18O4P.Y/c26-19-13-9-17(10-14-19)25(18-11-15-20(27)16-12-18)30(28)24-8-4-2-6-22(24)21-5-1-3-7-23(21)29-30;/h1-16,26-27H;/q-1;. The molecule has 1 unspecified atom stereocenters. The van der Waals surface area contributed by atoms with Gasteiger partial charge in [0.25, 0.3) is 7.37 Å². The van der Waals surface area contributed by atoms with Crippen LogP contribution in [0.4, 0.5) is 0 Å². The molecule has 0 bridgehead atoms. The zero-order valence-electron chi connectivity index (χ0n) is 16.5. The maximum absolute atomic E-state index is 14.7. The van der Waals surface area contributed by atoms with Crippen molar-refractivity contribution >= 4 is 12.7 Å². The van der Waals surface area contributed by atoms with E-state index >= 15 is 0 Å². The molecule has 5 rings (SSSR count). The monoisotopic (exact) mass is 502 g/mol. The van der Waals surface area contributed by atoms with E-state index in [9.17, 15) is 14.8 Å². The molecule has 1 aliphatic heterocycles. The van der Waals surface area contributed by atoms with E-state index < -0.39 is 7.37 Å². The third-order valence-electron chi connectivity index (χ3n) is 5.20. The molecule has 0 aromatic heterocycles. The third-order valence-corrected chi connectivity index (χ3v) is 7.78. The maximum Gasteiger partial charge on any atom is 0.277 e. The van der Waals surface area contributed by atoms with Gasteiger partial charge in [0.2, 0.25) is 0 Å². The minimum Gasteiger partial charge on any atom is -0.509 e. The van der Waals surface area contributed by atoms with Gasteiger partial charge in [0, 0.05) is 38.3 Å². The van der Waals surface area contributed by atoms with Crippen molar-refractivity contribution in [2.24, 2.45) is 0 Å². The molecule has 2 N–H and O–H groups in total. The fraction of sp³-hybridized carbons (Fsp3) is 0. The second-order valence-electron chi connectivity index (χ2n) is 7.10. The van der Waals surface area contributed by atoms with Crippen molar-refractivity contribution in [3.05, 3.63) is 114 Å². The van der Waals surface area contributed by atoms with Crippen LogP contribution >= 0.6 is 7.37 Å². The average Bonchev–Trinajstić information content (AvgIpc) is 2.77. The maximum atomic E-state index is 14.7. The molecule has 1 heterocycles. The zero-order valence-corrected chi connectivity index (χ0v) is 20.2. The Labute approximate surface area is 205 Å². The van der Waals surface area contributed by atoms with Crippen molar-refractivity contribution in [2.45, 2.75) is 0 Å². The molecule has 31 heavy (non-hydrogen) atoms. The van der Waals surface area contributed by atoms with E-state index in [1.54, 1.807) is 48.5 Å². The van der Waals surface area contributed by atoms with Crippen molar-refractivity contribution in [2.75, 3.05) is 0 Å². The molecule has 0 fully saturated rings. The molecule has 4 nitrogen and oxygen atoms in total. The number of phenols is 2. The number of phenolic OH excluding ortho intramolecular Hbond substituents is 2. The molecule has 4 aromatic rings. The fourth-order valence-corrected chi connectivity index (χ4v) is 6.46. The zero-order chi connectivity index (χ0) is 20.7. The summed E-state index contributed by atoms with van der Waals surface area (Å²) in [7, 11) is -3.57. The molecular weight excluding hydrogens is 484 g/mol. The van der Waals surface area contributed by atoms with E-state index in [0.29, 0.717) is 27.8 Å². The Bertz CT molecular complexity index is 1220. The normalized spacial score (nSPS) is 16.3. The van der Waals surface area contributed by atoms with Crippen molar-refractivity contribution < 1.29 is 52.0 Å². The van der Waals surface area contributed by atoms with Crippen LogP contribution in [0, 0.1) is 5.66 Å². The van der Waals surface area contributed by atoms with Gasteiger partial charge in [-0.25, -0.2) is 0 Å². The van der Waals surface area contributed by atoms with E-state index in [1.807, 2.05) is 48.5 Å². The summed E-state index contributed by atoms with van der Waals surface area (Å²) in [5, 5.41) is 20.2. The van der Waals surface area contributed by atoms with Gasteiger partial charge in [-0.1, -0.05) is 60.7 Å². The molecule has 6 heteroatoms. The van der Waals surface area contributed by atoms with Gasteiger partial charge in [-0.05, 0) is 23.4 Å². The predicted molar refractivity (Wildman–Crippen MR) is 117 cm³/mol. The molecule has 0 saturated heterocycles. The molecule has 0 saturated carbocycles. The summed E-state index contributed by atoms with van der Waals surface area (Å²) in [6, 6.07) is 28.3. The summed E-state index contributed by atoms with van der Waals surface area (Å²) in [6.45, 7) is 0. The summed E-state index contributed by atoms with van der Waals surface area (Å²) in [6.07, 6.45) is 0. The van der Waals surface area contributed by atoms with Crippen LogP contribution < -0.4 is 9.83 Å². The van der Waals surface area contributed by atoms with Crippen molar-refractivity contribution in [3.63, 3.8) is 0 Å². The van der Waals surface area contributed by atoms with Gasteiger partial charge >= 0.3 is 0 Å². The predicted octanol–water partition coefficient (Wildman–Crippen LogP) is 5.69. The van der Waals surface area contributed by atoms with Crippen LogP contribution in [0.5, 0.6) is 17.2 Å². The van der Waals surface area contributed by atoms with E-state index in [-0.39, 0.29) is 44.2 Å². The molecule has 1 radical (unpaired) electrons. The number of hydrogen-bond donors (Lipinski definition) is 2. The SMILES string of the molecule is O=P1([C-](c2ccc(O)cc2)c2ccc(O)cc2)Oc2ccccc2-c2ccccc21.[Y]. The smallest absolute Gasteiger partial charge is 0.277 e. The number of hydrogen-bond acceptors (Lipinski definition) is 4. The molecule has 0 amide bonds. The van der Waals surface area contributed by atoms with Crippen LogP contribution in [0.15, 0.2) is 97.1 Å². The topological polar surface area (TPSA) is 66.8 Å². The van der Waals surface area contributed by atoms with Crippen LogP contribution in [0.25, 0.3) is 11.1 Å². The Morgan fingerprint density at radius 2 is 1.13 bits per heavy atom. The number of rotatable bonds is 3. The minimum absolute atomic E-state index is 0. The molecule has 1 atom stereocenters. The summed E-state index contributed by atoms with van der Waals surface area (Å²) in [5.41, 5.74) is 3.64. The van der Waals surface area contributed by atoms with E-state index in [2.05, 4.69) is 0 Å². The van der Waals surface area contributed by atoms with Crippen LogP contribution in [-0.4, -0.2) is 10.2 Å². The largest absolute Gasteiger partial charge is 0.509 e. The van der Waals surface area contributed by atoms with Gasteiger partial charge in [-0.3, -0.25) is 4.57 Å². The molecule has 0 aliphatic carbocycles. The Morgan fingerprint density at radius 3 is 1.71 bits per heavy atom. The molecule has 1 aliphatic rings. The van der Waals surface area contributed by atoms with Gasteiger partial charge in [0.15, 0.2) is 0 Å². The van der Waals surface area contributed by atoms with Crippen LogP contribution in [0.3, 0.4) is 0 Å². The van der Waals surface area contributed by atoms with Crippen molar-refractivity contribution in [3.8, 4) is 28.4 Å². The first-order valence-electron chi connectivity index (χ1n) is 9.51. The van der Waals surface area contributed by atoms with Crippen LogP contribution in [0.2, 0.25) is 0 Å². The third kappa shape index (κ3) is 3.81.